The van der Waals surface area contributed by atoms with Crippen molar-refractivity contribution in [1.82, 2.24) is 5.32 Å². The number of thiocarbonyl (C=S) groups is 1. The molecule has 0 saturated carbocycles. The third-order valence-corrected chi connectivity index (χ3v) is 2.06. The number of hydrogen-bond acceptors (Lipinski definition) is 2. The number of hydrogen-bond donors (Lipinski definition) is 1. The molecule has 54 valence electrons. The molecule has 1 aliphatic rings. The summed E-state index contributed by atoms with van der Waals surface area (Å²) in [5, 5.41) is 2.59. The van der Waals surface area contributed by atoms with E-state index in [-0.39, 0.29) is 5.91 Å². The van der Waals surface area contributed by atoms with Gasteiger partial charge in [-0.2, -0.15) is 0 Å². The molecule has 2 nitrogen and oxygen atoms in total. The van der Waals surface area contributed by atoms with Crippen molar-refractivity contribution < 1.29 is 4.79 Å². The third-order valence-electron chi connectivity index (χ3n) is 1.65. The van der Waals surface area contributed by atoms with E-state index in [0.29, 0.717) is 4.99 Å². The zero-order chi connectivity index (χ0) is 7.72. The summed E-state index contributed by atoms with van der Waals surface area (Å²) in [6.45, 7) is 3.82. The molecule has 0 bridgehead atoms. The molecule has 1 rings (SSSR count). The van der Waals surface area contributed by atoms with Crippen LogP contribution < -0.4 is 5.32 Å². The van der Waals surface area contributed by atoms with Gasteiger partial charge < -0.3 is 5.32 Å². The fourth-order valence-corrected chi connectivity index (χ4v) is 1.22. The van der Waals surface area contributed by atoms with Gasteiger partial charge in [-0.3, -0.25) is 4.79 Å². The molecule has 0 atom stereocenters. The lowest BCUT2D eigenvalue weighted by Gasteiger charge is -1.91. The molecule has 1 aliphatic heterocycles. The molecule has 10 heavy (non-hydrogen) atoms. The summed E-state index contributed by atoms with van der Waals surface area (Å²) in [5.74, 6) is -0.0231. The van der Waals surface area contributed by atoms with Gasteiger partial charge in [-0.1, -0.05) is 19.1 Å². The van der Waals surface area contributed by atoms with Crippen molar-refractivity contribution in [2.75, 3.05) is 0 Å². The molecule has 0 fully saturated rings. The second kappa shape index (κ2) is 2.50. The minimum atomic E-state index is -0.0231. The van der Waals surface area contributed by atoms with Crippen LogP contribution in [0.5, 0.6) is 0 Å². The molecule has 0 radical (unpaired) electrons. The Bertz CT molecular complexity index is 230. The van der Waals surface area contributed by atoms with Crippen LogP contribution in [0.25, 0.3) is 0 Å². The lowest BCUT2D eigenvalue weighted by Crippen LogP contribution is -2.21. The van der Waals surface area contributed by atoms with Crippen molar-refractivity contribution in [3.8, 4) is 0 Å². The number of carbonyl (C=O) groups is 1. The van der Waals surface area contributed by atoms with Crippen molar-refractivity contribution >= 4 is 23.1 Å². The Balaban J connectivity index is 3.01. The molecule has 1 N–H and O–H groups in total. The van der Waals surface area contributed by atoms with Crippen LogP contribution >= 0.6 is 12.2 Å². The van der Waals surface area contributed by atoms with Crippen LogP contribution in [-0.2, 0) is 4.79 Å². The van der Waals surface area contributed by atoms with Gasteiger partial charge in [0.1, 0.15) is 4.99 Å². The largest absolute Gasteiger partial charge is 0.313 e. The lowest BCUT2D eigenvalue weighted by molar-refractivity contribution is -0.115. The van der Waals surface area contributed by atoms with E-state index in [1.807, 2.05) is 13.8 Å². The molecular formula is C7H9NOS. The number of rotatable bonds is 1. The van der Waals surface area contributed by atoms with Crippen molar-refractivity contribution in [2.45, 2.75) is 20.3 Å². The average molecular weight is 155 g/mol. The molecule has 0 aliphatic carbocycles. The second-order valence-corrected chi connectivity index (χ2v) is 2.65. The highest BCUT2D eigenvalue weighted by molar-refractivity contribution is 7.80. The molecule has 0 aromatic heterocycles. The van der Waals surface area contributed by atoms with Crippen LogP contribution in [0.2, 0.25) is 0 Å². The summed E-state index contributed by atoms with van der Waals surface area (Å²) in [6, 6.07) is 0. The highest BCUT2D eigenvalue weighted by Crippen LogP contribution is 2.15. The first kappa shape index (κ1) is 7.41. The summed E-state index contributed by atoms with van der Waals surface area (Å²) >= 11 is 4.87. The van der Waals surface area contributed by atoms with Gasteiger partial charge in [0.05, 0.1) is 0 Å². The first-order valence-electron chi connectivity index (χ1n) is 3.22. The smallest absolute Gasteiger partial charge is 0.252 e. The summed E-state index contributed by atoms with van der Waals surface area (Å²) in [4.78, 5) is 11.6. The predicted molar refractivity (Wildman–Crippen MR) is 43.7 cm³/mol. The fourth-order valence-electron chi connectivity index (χ4n) is 1.01. The highest BCUT2D eigenvalue weighted by atomic mass is 32.1. The maximum atomic E-state index is 11.0. The van der Waals surface area contributed by atoms with Crippen LogP contribution in [0.4, 0.5) is 0 Å². The average Bonchev–Trinajstić information content (AvgIpc) is 2.09. The first-order valence-corrected chi connectivity index (χ1v) is 3.63. The van der Waals surface area contributed by atoms with Gasteiger partial charge in [-0.15, -0.1) is 0 Å². The Labute approximate surface area is 65.3 Å². The monoisotopic (exact) mass is 155 g/mol. The summed E-state index contributed by atoms with van der Waals surface area (Å²) in [7, 11) is 0. The molecule has 0 spiro atoms. The second-order valence-electron chi connectivity index (χ2n) is 2.24. The Kier molecular flexibility index (Phi) is 1.85. The lowest BCUT2D eigenvalue weighted by atomic mass is 10.1. The molecule has 1 heterocycles. The molecule has 1 amide bonds. The zero-order valence-corrected chi connectivity index (χ0v) is 6.84. The predicted octanol–water partition coefficient (Wildman–Crippen LogP) is 1.17. The van der Waals surface area contributed by atoms with E-state index in [1.165, 1.54) is 0 Å². The van der Waals surface area contributed by atoms with Crippen molar-refractivity contribution in [1.29, 1.82) is 0 Å². The van der Waals surface area contributed by atoms with Crippen molar-refractivity contribution in [3.63, 3.8) is 0 Å². The van der Waals surface area contributed by atoms with E-state index in [2.05, 4.69) is 5.32 Å². The summed E-state index contributed by atoms with van der Waals surface area (Å²) in [6.07, 6.45) is 0.762. The number of nitrogens with one attached hydrogen (secondary N) is 1. The van der Waals surface area contributed by atoms with Gasteiger partial charge in [0.25, 0.3) is 5.91 Å². The van der Waals surface area contributed by atoms with Crippen LogP contribution in [0.3, 0.4) is 0 Å². The maximum absolute atomic E-state index is 11.0. The minimum absolute atomic E-state index is 0.0231. The van der Waals surface area contributed by atoms with E-state index < -0.39 is 0 Å². The SMILES string of the molecule is CCC1=C(C)C(=S)NC1=O. The van der Waals surface area contributed by atoms with Crippen molar-refractivity contribution in [3.05, 3.63) is 11.1 Å². The quantitative estimate of drug-likeness (QED) is 0.576. The number of carbonyl (C=O) groups excluding carboxylic acids is 1. The fraction of sp³-hybridized carbons (Fsp3) is 0.429. The van der Waals surface area contributed by atoms with Gasteiger partial charge in [0.2, 0.25) is 0 Å². The van der Waals surface area contributed by atoms with Gasteiger partial charge in [0, 0.05) is 5.57 Å². The Morgan fingerprint density at radius 3 is 2.40 bits per heavy atom. The summed E-state index contributed by atoms with van der Waals surface area (Å²) in [5.41, 5.74) is 1.76. The van der Waals surface area contributed by atoms with Gasteiger partial charge in [0.15, 0.2) is 0 Å². The topological polar surface area (TPSA) is 29.1 Å². The maximum Gasteiger partial charge on any atom is 0.252 e. The van der Waals surface area contributed by atoms with E-state index in [0.717, 1.165) is 17.6 Å². The van der Waals surface area contributed by atoms with Crippen LogP contribution in [0.1, 0.15) is 20.3 Å². The molecule has 0 saturated heterocycles. The van der Waals surface area contributed by atoms with E-state index in [1.54, 1.807) is 0 Å². The summed E-state index contributed by atoms with van der Waals surface area (Å²) < 4.78 is 0. The first-order chi connectivity index (χ1) is 4.66. The molecule has 0 unspecified atom stereocenters. The highest BCUT2D eigenvalue weighted by Gasteiger charge is 2.21. The molecule has 3 heteroatoms. The van der Waals surface area contributed by atoms with Crippen LogP contribution in [0.15, 0.2) is 11.1 Å². The minimum Gasteiger partial charge on any atom is -0.313 e. The van der Waals surface area contributed by atoms with Gasteiger partial charge in [-0.05, 0) is 18.9 Å². The van der Waals surface area contributed by atoms with Crippen LogP contribution in [-0.4, -0.2) is 10.9 Å². The molecule has 0 aromatic carbocycles. The van der Waals surface area contributed by atoms with E-state index in [9.17, 15) is 4.79 Å². The van der Waals surface area contributed by atoms with Crippen LogP contribution in [0, 0.1) is 0 Å². The number of amides is 1. The van der Waals surface area contributed by atoms with E-state index >= 15 is 0 Å². The molecule has 0 aromatic rings. The Hall–Kier alpha value is -0.700. The third kappa shape index (κ3) is 0.968. The molecular weight excluding hydrogens is 146 g/mol. The van der Waals surface area contributed by atoms with Gasteiger partial charge >= 0.3 is 0 Å². The Morgan fingerprint density at radius 1 is 1.60 bits per heavy atom. The normalized spacial score (nSPS) is 18.2. The van der Waals surface area contributed by atoms with Gasteiger partial charge in [-0.25, -0.2) is 0 Å². The zero-order valence-electron chi connectivity index (χ0n) is 6.02. The Morgan fingerprint density at radius 2 is 2.20 bits per heavy atom. The van der Waals surface area contributed by atoms with E-state index in [4.69, 9.17) is 12.2 Å². The standard InChI is InChI=1S/C7H9NOS/c1-3-5-4(2)7(10)8-6(5)9/h3H2,1-2H3,(H,8,9,10). The van der Waals surface area contributed by atoms with Crippen molar-refractivity contribution in [2.24, 2.45) is 0 Å².